The van der Waals surface area contributed by atoms with Gasteiger partial charge >= 0.3 is 6.09 Å². The maximum absolute atomic E-state index is 15.1. The number of phenolic OH excluding ortho intramolecular Hbond substituents is 1. The van der Waals surface area contributed by atoms with Crippen molar-refractivity contribution < 1.29 is 63.2 Å². The molecule has 7 amide bonds. The second kappa shape index (κ2) is 35.1. The molecule has 21 nitrogen and oxygen atoms in total. The Hall–Kier alpha value is -6.79. The fourth-order valence-corrected chi connectivity index (χ4v) is 12.3. The number of carbonyl (C=O) groups excluding carboxylic acids is 9. The highest BCUT2D eigenvalue weighted by atomic mass is 33.1. The molecule has 0 unspecified atom stereocenters. The Morgan fingerprint density at radius 3 is 2.09 bits per heavy atom. The number of benzene rings is 3. The third-order valence-corrected chi connectivity index (χ3v) is 17.1. The molecule has 1 heterocycles. The minimum absolute atomic E-state index is 0.0436. The Labute approximate surface area is 512 Å². The van der Waals surface area contributed by atoms with Gasteiger partial charge in [-0.25, -0.2) is 4.79 Å². The number of ketones is 2. The van der Waals surface area contributed by atoms with Gasteiger partial charge in [-0.2, -0.15) is 0 Å². The van der Waals surface area contributed by atoms with Gasteiger partial charge in [0.05, 0.1) is 24.3 Å². The molecule has 0 bridgehead atoms. The van der Waals surface area contributed by atoms with Crippen LogP contribution in [0.3, 0.4) is 0 Å². The maximum Gasteiger partial charge on any atom is 0.407 e. The highest BCUT2D eigenvalue weighted by Gasteiger charge is 2.38. The first-order valence-corrected chi connectivity index (χ1v) is 32.2. The molecule has 470 valence electrons. The third kappa shape index (κ3) is 23.5. The number of aliphatic hydroxyl groups is 2. The Morgan fingerprint density at radius 2 is 1.41 bits per heavy atom. The smallest absolute Gasteiger partial charge is 0.407 e. The number of fused-ring (bicyclic) bond motifs is 1. The van der Waals surface area contributed by atoms with Crippen LogP contribution in [0.15, 0.2) is 84.9 Å². The zero-order valence-corrected chi connectivity index (χ0v) is 51.8. The molecule has 12 N–H and O–H groups in total. The number of allylic oxidation sites excluding steroid dienone is 1. The van der Waals surface area contributed by atoms with Crippen molar-refractivity contribution >= 4 is 80.3 Å². The van der Waals surface area contributed by atoms with Gasteiger partial charge < -0.3 is 63.0 Å². The topological polar surface area (TPSA) is 334 Å². The Morgan fingerprint density at radius 1 is 0.744 bits per heavy atom. The molecule has 3 aromatic carbocycles. The van der Waals surface area contributed by atoms with Gasteiger partial charge in [-0.1, -0.05) is 127 Å². The Kier molecular flexibility index (Phi) is 28.6. The van der Waals surface area contributed by atoms with Crippen LogP contribution in [0.1, 0.15) is 134 Å². The summed E-state index contributed by atoms with van der Waals surface area (Å²) in [6.07, 6.45) is 3.00. The number of carbonyl (C=O) groups is 9. The van der Waals surface area contributed by atoms with Crippen molar-refractivity contribution in [3.63, 3.8) is 0 Å². The van der Waals surface area contributed by atoms with Crippen LogP contribution in [0.5, 0.6) is 5.75 Å². The molecule has 86 heavy (non-hydrogen) atoms. The van der Waals surface area contributed by atoms with Gasteiger partial charge in [-0.05, 0) is 120 Å². The van der Waals surface area contributed by atoms with Crippen molar-refractivity contribution in [3.05, 3.63) is 107 Å². The summed E-state index contributed by atoms with van der Waals surface area (Å²) in [7, 11) is 2.06. The number of amides is 7. The number of ether oxygens (including phenoxy) is 1. The molecule has 0 radical (unpaired) electrons. The fourth-order valence-electron chi connectivity index (χ4n) is 9.92. The van der Waals surface area contributed by atoms with E-state index in [-0.39, 0.29) is 68.7 Å². The number of hydrogen-bond donors (Lipinski definition) is 11. The van der Waals surface area contributed by atoms with Crippen molar-refractivity contribution in [2.75, 3.05) is 18.1 Å². The van der Waals surface area contributed by atoms with Crippen LogP contribution < -0.4 is 43.0 Å². The molecule has 2 aliphatic rings. The lowest BCUT2D eigenvalue weighted by molar-refractivity contribution is -0.137. The number of aliphatic hydroxyl groups excluding tert-OH is 2. The number of phenols is 1. The molecule has 5 rings (SSSR count). The molecular weight excluding hydrogens is 1140 g/mol. The quantitative estimate of drug-likeness (QED) is 0.0424. The van der Waals surface area contributed by atoms with Crippen molar-refractivity contribution in [1.82, 2.24) is 37.2 Å². The van der Waals surface area contributed by atoms with E-state index in [2.05, 4.69) is 44.1 Å². The fraction of sp³-hybridized carbons (Fsp3) is 0.540. The number of Topliss-reactive ketones (excluding diaryl/α,β-unsaturated/α-hetero) is 2. The first-order valence-electron chi connectivity index (χ1n) is 29.7. The van der Waals surface area contributed by atoms with E-state index in [0.717, 1.165) is 69.5 Å². The average Bonchev–Trinajstić information content (AvgIpc) is 2.30. The van der Waals surface area contributed by atoms with Crippen LogP contribution >= 0.6 is 21.6 Å². The monoisotopic (exact) mass is 1230 g/mol. The molecule has 0 saturated carbocycles. The van der Waals surface area contributed by atoms with Gasteiger partial charge in [0.1, 0.15) is 41.6 Å². The highest BCUT2D eigenvalue weighted by Crippen LogP contribution is 2.31. The average molecular weight is 1230 g/mol. The number of aromatic hydroxyl groups is 1. The number of nitrogens with one attached hydrogen (secondary N) is 7. The molecule has 1 saturated heterocycles. The first-order chi connectivity index (χ1) is 40.9. The van der Waals surface area contributed by atoms with E-state index in [1.54, 1.807) is 57.2 Å². The highest BCUT2D eigenvalue weighted by molar-refractivity contribution is 8.76. The SMILES string of the molecule is CCCCCCCC(=O)[C@@H](NC(=O)[C@@H]1CSSC[C@H](NC(=O)[C@H](N)Cc2ccccc2)C(=O)C[C@@H](Cc2ccc(O)cc2)C(=O)N[C@H](CC2=CCc3ccccc32)C(=O)N[C@@H](CCCCNC(=O)OC(C)(C)C)C(=O)N[C@@H]([C@@H](C)O)C(=O)N1)[C@@H](C)O. The number of rotatable bonds is 24. The summed E-state index contributed by atoms with van der Waals surface area (Å²) >= 11 is 0. The van der Waals surface area contributed by atoms with Crippen molar-refractivity contribution in [2.24, 2.45) is 11.7 Å². The van der Waals surface area contributed by atoms with Crippen LogP contribution in [0.2, 0.25) is 0 Å². The summed E-state index contributed by atoms with van der Waals surface area (Å²) in [5.74, 6) is -7.71. The zero-order valence-electron chi connectivity index (χ0n) is 50.2. The molecule has 23 heteroatoms. The van der Waals surface area contributed by atoms with Gasteiger partial charge in [0.25, 0.3) is 0 Å². The van der Waals surface area contributed by atoms with E-state index < -0.39 is 126 Å². The van der Waals surface area contributed by atoms with Crippen LogP contribution in [0.25, 0.3) is 5.57 Å². The van der Waals surface area contributed by atoms with Crippen molar-refractivity contribution in [1.29, 1.82) is 0 Å². The lowest BCUT2D eigenvalue weighted by atomic mass is 9.90. The van der Waals surface area contributed by atoms with E-state index >= 15 is 9.59 Å². The molecule has 0 spiro atoms. The minimum atomic E-state index is -1.75. The normalized spacial score (nSPS) is 21.5. The summed E-state index contributed by atoms with van der Waals surface area (Å²) in [6, 6.07) is 12.8. The van der Waals surface area contributed by atoms with Gasteiger partial charge in [-0.3, -0.25) is 38.4 Å². The summed E-state index contributed by atoms with van der Waals surface area (Å²) in [5, 5.41) is 51.2. The maximum atomic E-state index is 15.1. The van der Waals surface area contributed by atoms with E-state index in [0.29, 0.717) is 18.4 Å². The van der Waals surface area contributed by atoms with Crippen molar-refractivity contribution in [3.8, 4) is 5.75 Å². The number of nitrogens with two attached hydrogens (primary N) is 1. The predicted molar refractivity (Wildman–Crippen MR) is 332 cm³/mol. The minimum Gasteiger partial charge on any atom is -0.508 e. The van der Waals surface area contributed by atoms with E-state index in [1.165, 1.54) is 26.0 Å². The molecule has 0 aromatic heterocycles. The van der Waals surface area contributed by atoms with Crippen LogP contribution in [0.4, 0.5) is 4.79 Å². The van der Waals surface area contributed by atoms with Crippen LogP contribution in [-0.4, -0.2) is 147 Å². The van der Waals surface area contributed by atoms with Crippen LogP contribution in [0, 0.1) is 5.92 Å². The van der Waals surface area contributed by atoms with E-state index in [9.17, 15) is 48.9 Å². The number of alkyl carbamates (subject to hydrolysis) is 1. The van der Waals surface area contributed by atoms with Gasteiger partial charge in [0.15, 0.2) is 11.6 Å². The largest absolute Gasteiger partial charge is 0.508 e. The zero-order chi connectivity index (χ0) is 62.9. The molecule has 3 aromatic rings. The molecular formula is C63H88N8O13S2. The summed E-state index contributed by atoms with van der Waals surface area (Å²) in [6.45, 7) is 9.92. The second-order valence-corrected chi connectivity index (χ2v) is 25.7. The molecule has 1 aliphatic heterocycles. The van der Waals surface area contributed by atoms with Gasteiger partial charge in [0.2, 0.25) is 35.4 Å². The summed E-state index contributed by atoms with van der Waals surface area (Å²) in [4.78, 5) is 129. The standard InChI is InChI=1S/C63H88N8O13S2/c1-7-8-9-10-14-24-52(75)54(38(2)72)70-60(81)51-37-86-85-36-50(68-57(78)47(64)33-40-19-12-11-13-20-40)53(76)35-44(32-41-25-29-45(74)30-26-41)56(77)67-49(34-43-28-27-42-21-15-16-22-46(42)43)59(80)66-48(58(79)71-55(39(3)73)61(82)69-51)23-17-18-31-65-62(83)84-63(4,5)6/h11-13,15-16,19-22,25-26,28-30,38-39,44,47-51,54-55,72-74H,7-10,14,17-18,23-24,27,31-37,64H2,1-6H3,(H,65,83)(H,66,80)(H,67,77)(H,68,78)(H,69,82)(H,70,81)(H,71,79)/t38-,39-,44-,47-,48+,49-,50+,51+,54+,55+/m1/s1. The van der Waals surface area contributed by atoms with E-state index in [4.69, 9.17) is 10.5 Å². The predicted octanol–water partition coefficient (Wildman–Crippen LogP) is 4.80. The van der Waals surface area contributed by atoms with Gasteiger partial charge in [-0.15, -0.1) is 0 Å². The van der Waals surface area contributed by atoms with E-state index in [1.807, 2.05) is 36.4 Å². The summed E-state index contributed by atoms with van der Waals surface area (Å²) < 4.78 is 5.36. The number of unbranched alkanes of at least 4 members (excludes halogenated alkanes) is 5. The molecule has 1 aliphatic carbocycles. The van der Waals surface area contributed by atoms with Gasteiger partial charge in [0, 0.05) is 43.2 Å². The third-order valence-electron chi connectivity index (χ3n) is 14.7. The van der Waals surface area contributed by atoms with Crippen LogP contribution in [-0.2, 0) is 62.4 Å². The first kappa shape index (κ1) is 70.0. The number of hydrogen-bond acceptors (Lipinski definition) is 16. The summed E-state index contributed by atoms with van der Waals surface area (Å²) in [5.41, 5.74) is 9.54. The molecule has 1 fully saturated rings. The Bertz CT molecular complexity index is 2800. The Balaban J connectivity index is 1.57. The second-order valence-electron chi connectivity index (χ2n) is 23.2. The van der Waals surface area contributed by atoms with Crippen molar-refractivity contribution in [2.45, 2.75) is 192 Å². The lowest BCUT2D eigenvalue weighted by Crippen LogP contribution is -2.62. The molecule has 10 atom stereocenters. The lowest BCUT2D eigenvalue weighted by Gasteiger charge is -2.29.